The molecule has 20 heteroatoms. The molecule has 20 nitrogen and oxygen atoms in total. The summed E-state index contributed by atoms with van der Waals surface area (Å²) in [5.74, 6) is -2.51. The van der Waals surface area contributed by atoms with Crippen LogP contribution in [0.15, 0.2) is 41.4 Å². The van der Waals surface area contributed by atoms with Crippen LogP contribution in [0, 0.1) is 0 Å². The van der Waals surface area contributed by atoms with Crippen LogP contribution in [0.25, 0.3) is 0 Å². The van der Waals surface area contributed by atoms with Gasteiger partial charge in [-0.2, -0.15) is 0 Å². The van der Waals surface area contributed by atoms with Crippen molar-refractivity contribution < 1.29 is 38.8 Å². The minimum Gasteiger partial charge on any atom is -0.469 e. The Labute approximate surface area is 252 Å². The van der Waals surface area contributed by atoms with Gasteiger partial charge in [-0.3, -0.25) is 14.4 Å². The predicted octanol–water partition coefficient (Wildman–Crippen LogP) is -5.04. The Kier molecular flexibility index (Phi) is 13.8. The minimum atomic E-state index is -1.15. The van der Waals surface area contributed by atoms with Crippen molar-refractivity contribution in [2.45, 2.75) is 58.5 Å². The number of hydrogen-bond donors (Lipinski definition) is 2. The number of carbonyl (C=O) groups is 3. The molecule has 0 saturated carbocycles. The third-order valence-corrected chi connectivity index (χ3v) is 6.20. The molecule has 45 heavy (non-hydrogen) atoms. The van der Waals surface area contributed by atoms with Crippen molar-refractivity contribution in [2.75, 3.05) is 33.5 Å². The van der Waals surface area contributed by atoms with Gasteiger partial charge in [0.05, 0.1) is 59.2 Å². The largest absolute Gasteiger partial charge is 0.469 e. The molecular formula is C25H34N6O14. The van der Waals surface area contributed by atoms with Crippen molar-refractivity contribution in [1.29, 1.82) is 0 Å². The molecule has 0 aliphatic rings. The number of ether oxygens (including phenoxy) is 3. The van der Waals surface area contributed by atoms with Crippen molar-refractivity contribution in [3.63, 3.8) is 0 Å². The van der Waals surface area contributed by atoms with Crippen LogP contribution in [-0.4, -0.2) is 89.1 Å². The number of carbonyl (C=O) groups excluding carboxylic acids is 3. The Morgan fingerprint density at radius 3 is 1.27 bits per heavy atom. The maximum Gasteiger partial charge on any atom is 0.336 e. The molecule has 0 bridgehead atoms. The highest BCUT2D eigenvalue weighted by molar-refractivity contribution is 5.69. The van der Waals surface area contributed by atoms with Crippen molar-refractivity contribution in [2.24, 2.45) is 0 Å². The van der Waals surface area contributed by atoms with Crippen LogP contribution in [0.4, 0.5) is 0 Å². The van der Waals surface area contributed by atoms with Crippen LogP contribution in [0.3, 0.4) is 0 Å². The first kappa shape index (κ1) is 36.1. The van der Waals surface area contributed by atoms with Gasteiger partial charge in [0.25, 0.3) is 0 Å². The second-order valence-electron chi connectivity index (χ2n) is 9.07. The lowest BCUT2D eigenvalue weighted by Crippen LogP contribution is -2.55. The van der Waals surface area contributed by atoms with E-state index in [4.69, 9.17) is 19.7 Å². The summed E-state index contributed by atoms with van der Waals surface area (Å²) >= 11 is 0. The zero-order valence-corrected chi connectivity index (χ0v) is 24.5. The van der Waals surface area contributed by atoms with Crippen LogP contribution in [0.1, 0.15) is 19.3 Å². The van der Waals surface area contributed by atoms with Crippen LogP contribution in [-0.2, 0) is 67.9 Å². The smallest absolute Gasteiger partial charge is 0.336 e. The average molecular weight is 643 g/mol. The van der Waals surface area contributed by atoms with Gasteiger partial charge in [-0.1, -0.05) is 12.7 Å². The van der Waals surface area contributed by atoms with Gasteiger partial charge in [0.2, 0.25) is 0 Å². The Morgan fingerprint density at radius 2 is 0.911 bits per heavy atom. The van der Waals surface area contributed by atoms with Crippen LogP contribution < -0.4 is 34.1 Å². The Morgan fingerprint density at radius 1 is 0.578 bits per heavy atom. The van der Waals surface area contributed by atoms with Gasteiger partial charge in [0.15, 0.2) is 0 Å². The molecule has 0 saturated heterocycles. The topological polar surface area (TPSA) is 251 Å². The van der Waals surface area contributed by atoms with E-state index in [1.165, 1.54) is 6.08 Å². The van der Waals surface area contributed by atoms with E-state index in [9.17, 15) is 43.2 Å². The van der Waals surface area contributed by atoms with E-state index in [1.54, 1.807) is 0 Å². The normalized spacial score (nSPS) is 10.8. The molecule has 0 atom stereocenters. The SMILES string of the molecule is C=CCOC(=O)CCn1c(=O)n(CCC(=O)OC)c(=O)n(CCC(=O)OCCn2c(=O)n(CCO)c(=O)n(CCO)c2=O)c1=O. The van der Waals surface area contributed by atoms with E-state index < -0.39 is 130 Å². The Balaban J connectivity index is 2.27. The van der Waals surface area contributed by atoms with Gasteiger partial charge in [-0.15, -0.1) is 0 Å². The summed E-state index contributed by atoms with van der Waals surface area (Å²) in [7, 11) is 1.09. The standard InChI is InChI=1S/C25H34N6O14/c1-3-15-44-18(35)5-8-27-20(37)26(7-4-17(34)43-2)21(38)28(22(27)39)9-6-19(36)45-16-12-31-24(41)29(10-13-32)23(40)30(11-14-33)25(31)42/h3,32-33H,1,4-16H2,2H3. The van der Waals surface area contributed by atoms with Crippen LogP contribution in [0.5, 0.6) is 0 Å². The van der Waals surface area contributed by atoms with Crippen molar-refractivity contribution in [3.8, 4) is 0 Å². The van der Waals surface area contributed by atoms with Gasteiger partial charge >= 0.3 is 52.0 Å². The van der Waals surface area contributed by atoms with E-state index in [0.29, 0.717) is 27.4 Å². The Hall–Kier alpha value is -5.11. The number of rotatable bonds is 18. The first-order valence-corrected chi connectivity index (χ1v) is 13.5. The third-order valence-electron chi connectivity index (χ3n) is 6.20. The highest BCUT2D eigenvalue weighted by atomic mass is 16.5. The molecule has 0 fully saturated rings. The maximum absolute atomic E-state index is 13.0. The second kappa shape index (κ2) is 17.3. The number of aromatic nitrogens is 6. The van der Waals surface area contributed by atoms with E-state index in [-0.39, 0.29) is 6.61 Å². The van der Waals surface area contributed by atoms with E-state index in [1.807, 2.05) is 0 Å². The quantitative estimate of drug-likeness (QED) is 0.0877. The van der Waals surface area contributed by atoms with Crippen molar-refractivity contribution >= 4 is 17.9 Å². The lowest BCUT2D eigenvalue weighted by molar-refractivity contribution is -0.144. The third kappa shape index (κ3) is 9.19. The minimum absolute atomic E-state index is 0.112. The first-order chi connectivity index (χ1) is 21.4. The molecule has 0 amide bonds. The summed E-state index contributed by atoms with van der Waals surface area (Å²) in [6, 6.07) is 0. The Bertz CT molecular complexity index is 1710. The number of nitrogens with zero attached hydrogens (tertiary/aromatic N) is 6. The summed E-state index contributed by atoms with van der Waals surface area (Å²) in [4.78, 5) is 112. The molecule has 2 heterocycles. The molecule has 0 spiro atoms. The summed E-state index contributed by atoms with van der Waals surface area (Å²) in [6.07, 6.45) is -0.118. The zero-order valence-electron chi connectivity index (χ0n) is 24.5. The number of aliphatic hydroxyl groups is 2. The number of esters is 3. The van der Waals surface area contributed by atoms with Gasteiger partial charge in [-0.25, -0.2) is 56.2 Å². The van der Waals surface area contributed by atoms with Crippen LogP contribution in [0.2, 0.25) is 0 Å². The van der Waals surface area contributed by atoms with E-state index in [2.05, 4.69) is 11.3 Å². The molecule has 248 valence electrons. The fourth-order valence-electron chi connectivity index (χ4n) is 3.97. The molecule has 0 aromatic carbocycles. The molecule has 0 radical (unpaired) electrons. The highest BCUT2D eigenvalue weighted by Gasteiger charge is 2.19. The predicted molar refractivity (Wildman–Crippen MR) is 151 cm³/mol. The second-order valence-corrected chi connectivity index (χ2v) is 9.07. The average Bonchev–Trinajstić information content (AvgIpc) is 3.01. The summed E-state index contributed by atoms with van der Waals surface area (Å²) in [5, 5.41) is 18.3. The molecule has 2 N–H and O–H groups in total. The maximum atomic E-state index is 13.0. The molecule has 2 rings (SSSR count). The summed E-state index contributed by atoms with van der Waals surface area (Å²) < 4.78 is 17.8. The lowest BCUT2D eigenvalue weighted by Gasteiger charge is -2.14. The number of aliphatic hydroxyl groups excluding tert-OH is 2. The fraction of sp³-hybridized carbons (Fsp3) is 0.560. The van der Waals surface area contributed by atoms with Gasteiger partial charge in [-0.05, 0) is 0 Å². The molecule has 0 unspecified atom stereocenters. The molecule has 2 aromatic rings. The lowest BCUT2D eigenvalue weighted by atomic mass is 10.4. The van der Waals surface area contributed by atoms with E-state index >= 15 is 0 Å². The highest BCUT2D eigenvalue weighted by Crippen LogP contribution is 1.94. The monoisotopic (exact) mass is 642 g/mol. The van der Waals surface area contributed by atoms with Gasteiger partial charge in [0.1, 0.15) is 13.2 Å². The molecule has 0 aliphatic carbocycles. The molecular weight excluding hydrogens is 608 g/mol. The first-order valence-electron chi connectivity index (χ1n) is 13.5. The molecule has 2 aromatic heterocycles. The van der Waals surface area contributed by atoms with E-state index in [0.717, 1.165) is 7.11 Å². The zero-order chi connectivity index (χ0) is 33.7. The summed E-state index contributed by atoms with van der Waals surface area (Å²) in [5.41, 5.74) is -6.61. The fourth-order valence-corrected chi connectivity index (χ4v) is 3.97. The summed E-state index contributed by atoms with van der Waals surface area (Å²) in [6.45, 7) is -1.43. The van der Waals surface area contributed by atoms with Crippen molar-refractivity contribution in [1.82, 2.24) is 27.4 Å². The number of hydrogen-bond acceptors (Lipinski definition) is 14. The van der Waals surface area contributed by atoms with Gasteiger partial charge < -0.3 is 24.4 Å². The van der Waals surface area contributed by atoms with Gasteiger partial charge in [0, 0.05) is 19.6 Å². The molecule has 0 aliphatic heterocycles. The van der Waals surface area contributed by atoms with Crippen LogP contribution >= 0.6 is 0 Å². The number of methoxy groups -OCH3 is 1. The van der Waals surface area contributed by atoms with Crippen molar-refractivity contribution in [3.05, 3.63) is 75.6 Å².